The maximum atomic E-state index is 11.6. The highest BCUT2D eigenvalue weighted by molar-refractivity contribution is 7.55. The fourth-order valence-electron chi connectivity index (χ4n) is 6.68. The van der Waals surface area contributed by atoms with Gasteiger partial charge in [0.25, 0.3) is 0 Å². The molecule has 0 bridgehead atoms. The summed E-state index contributed by atoms with van der Waals surface area (Å²) in [7, 11) is 2.64. The van der Waals surface area contributed by atoms with E-state index in [9.17, 15) is 40.2 Å². The SMILES string of the molecule is CC(=O)NC1C(OCCOCCn2cc(CN(CCCCC[B]P)Cc3cn(CCOCCOC4OC(CO)C(O)C(O)C4NC(C)=O)nn3)nn2)OC(CO)C(O)C1O. The van der Waals surface area contributed by atoms with Crippen LogP contribution in [0.3, 0.4) is 0 Å². The Morgan fingerprint density at radius 1 is 0.733 bits per heavy atom. The molecule has 2 aliphatic rings. The molecule has 0 spiro atoms. The fourth-order valence-corrected chi connectivity index (χ4v) is 6.92. The third-order valence-electron chi connectivity index (χ3n) is 9.74. The van der Waals surface area contributed by atoms with E-state index in [1.807, 2.05) is 12.4 Å². The lowest BCUT2D eigenvalue weighted by Gasteiger charge is -2.42. The molecule has 0 aliphatic carbocycles. The van der Waals surface area contributed by atoms with Gasteiger partial charge in [0.1, 0.15) is 55.7 Å². The number of amides is 2. The third-order valence-corrected chi connectivity index (χ3v) is 10.1. The molecule has 2 aromatic heterocycles. The lowest BCUT2D eigenvalue weighted by Crippen LogP contribution is -2.64. The van der Waals surface area contributed by atoms with Crippen molar-refractivity contribution < 1.29 is 68.6 Å². The van der Waals surface area contributed by atoms with Crippen LogP contribution in [-0.2, 0) is 64.2 Å². The second-order valence-electron chi connectivity index (χ2n) is 14.6. The van der Waals surface area contributed by atoms with Crippen LogP contribution in [-0.4, -0.2) is 205 Å². The standard InChI is InChI=1S/C35H62BN9O14P/c1-22(48)37-28-32(52)30(50)26(20-46)58-34(28)56-14-12-54-10-8-44-18-24(39-41-44)16-43(7-5-3-4-6-36-60)17-25-19-45(42-40-25)9-11-55-13-15-57-35-29(38-23(2)49)33(53)31(51)27(21-47)59-35/h18-19,26-35,46-47,50-53H,3-17,20-21,60H2,1-2H3,(H,37,48)(H,38,49). The fraction of sp³-hybridized carbons (Fsp3) is 0.829. The van der Waals surface area contributed by atoms with Gasteiger partial charge in [0.2, 0.25) is 11.8 Å². The van der Waals surface area contributed by atoms with Gasteiger partial charge in [-0.2, -0.15) is 9.12 Å². The van der Waals surface area contributed by atoms with Crippen LogP contribution in [0.1, 0.15) is 44.5 Å². The average molecular weight is 875 g/mol. The van der Waals surface area contributed by atoms with Gasteiger partial charge in [0, 0.05) is 39.3 Å². The van der Waals surface area contributed by atoms with Gasteiger partial charge in [-0.3, -0.25) is 14.5 Å². The van der Waals surface area contributed by atoms with Crippen molar-refractivity contribution in [2.45, 2.75) is 127 Å². The number of unbranched alkanes of at least 4 members (excludes halogenated alkanes) is 2. The number of nitrogens with zero attached hydrogens (tertiary/aromatic N) is 7. The minimum absolute atomic E-state index is 0.0617. The van der Waals surface area contributed by atoms with Crippen molar-refractivity contribution in [1.29, 1.82) is 0 Å². The Hall–Kier alpha value is -2.81. The molecule has 11 unspecified atom stereocenters. The van der Waals surface area contributed by atoms with E-state index in [2.05, 4.69) is 52.3 Å². The molecule has 23 nitrogen and oxygen atoms in total. The normalized spacial score (nSPS) is 27.0. The van der Waals surface area contributed by atoms with E-state index in [1.54, 1.807) is 9.36 Å². The van der Waals surface area contributed by atoms with Crippen molar-refractivity contribution in [3.63, 3.8) is 0 Å². The molecule has 2 saturated heterocycles. The number of carbonyl (C=O) groups excluding carboxylic acids is 2. The first-order valence-corrected chi connectivity index (χ1v) is 20.8. The van der Waals surface area contributed by atoms with Crippen LogP contribution >= 0.6 is 9.12 Å². The molecular formula is C35H62BN9O14P. The van der Waals surface area contributed by atoms with Crippen molar-refractivity contribution in [2.24, 2.45) is 0 Å². The van der Waals surface area contributed by atoms with Crippen LogP contribution in [0.5, 0.6) is 0 Å². The summed E-state index contributed by atoms with van der Waals surface area (Å²) < 4.78 is 37.3. The number of aromatic nitrogens is 6. The summed E-state index contributed by atoms with van der Waals surface area (Å²) in [6, 6.07) is -2.05. The molecular weight excluding hydrogens is 812 g/mol. The molecule has 11 atom stereocenters. The van der Waals surface area contributed by atoms with E-state index < -0.39 is 86.3 Å². The van der Waals surface area contributed by atoms with Gasteiger partial charge in [0.15, 0.2) is 12.6 Å². The number of hydrogen-bond donors (Lipinski definition) is 8. The van der Waals surface area contributed by atoms with Crippen molar-refractivity contribution in [2.75, 3.05) is 59.4 Å². The first-order chi connectivity index (χ1) is 28.9. The molecule has 2 amide bonds. The summed E-state index contributed by atoms with van der Waals surface area (Å²) in [5.74, 6) is -0.875. The van der Waals surface area contributed by atoms with Gasteiger partial charge in [-0.05, 0) is 13.0 Å². The second-order valence-corrected chi connectivity index (χ2v) is 15.0. The zero-order chi connectivity index (χ0) is 43.4. The minimum Gasteiger partial charge on any atom is -0.394 e. The molecule has 60 heavy (non-hydrogen) atoms. The number of aliphatic hydroxyl groups excluding tert-OH is 6. The molecule has 2 fully saturated rings. The second kappa shape index (κ2) is 26.6. The van der Waals surface area contributed by atoms with Gasteiger partial charge in [-0.1, -0.05) is 29.6 Å². The van der Waals surface area contributed by atoms with Crippen LogP contribution in [0, 0.1) is 0 Å². The first-order valence-electron chi connectivity index (χ1n) is 20.2. The van der Waals surface area contributed by atoms with Gasteiger partial charge >= 0.3 is 0 Å². The van der Waals surface area contributed by atoms with E-state index in [0.717, 1.165) is 43.5 Å². The number of ether oxygens (including phenoxy) is 6. The minimum atomic E-state index is -1.39. The third kappa shape index (κ3) is 16.1. The molecule has 4 rings (SSSR count). The average Bonchev–Trinajstić information content (AvgIpc) is 3.87. The monoisotopic (exact) mass is 874 g/mol. The topological polar surface area (TPSA) is 300 Å². The van der Waals surface area contributed by atoms with E-state index in [-0.39, 0.29) is 26.4 Å². The molecule has 2 aliphatic heterocycles. The highest BCUT2D eigenvalue weighted by Gasteiger charge is 2.46. The molecule has 2 aromatic rings. The summed E-state index contributed by atoms with van der Waals surface area (Å²) in [5.41, 5.74) is 1.55. The van der Waals surface area contributed by atoms with Crippen LogP contribution < -0.4 is 10.6 Å². The Labute approximate surface area is 351 Å². The number of rotatable bonds is 28. The smallest absolute Gasteiger partial charge is 0.217 e. The first kappa shape index (κ1) is 49.8. The van der Waals surface area contributed by atoms with E-state index in [0.29, 0.717) is 39.4 Å². The molecule has 25 heteroatoms. The van der Waals surface area contributed by atoms with Crippen molar-refractivity contribution in [3.8, 4) is 0 Å². The lowest BCUT2D eigenvalue weighted by molar-refractivity contribution is -0.272. The quantitative estimate of drug-likeness (QED) is 0.0229. The summed E-state index contributed by atoms with van der Waals surface area (Å²) in [4.78, 5) is 25.5. The van der Waals surface area contributed by atoms with Crippen molar-refractivity contribution in [1.82, 2.24) is 45.5 Å². The number of hydrogen-bond acceptors (Lipinski definition) is 19. The Bertz CT molecular complexity index is 1430. The molecule has 1 radical (unpaired) electrons. The van der Waals surface area contributed by atoms with Crippen molar-refractivity contribution in [3.05, 3.63) is 23.8 Å². The maximum Gasteiger partial charge on any atom is 0.217 e. The van der Waals surface area contributed by atoms with E-state index >= 15 is 0 Å². The molecule has 8 N–H and O–H groups in total. The Morgan fingerprint density at radius 2 is 1.20 bits per heavy atom. The molecule has 0 aromatic carbocycles. The zero-order valence-corrected chi connectivity index (χ0v) is 35.3. The van der Waals surface area contributed by atoms with E-state index in [1.165, 1.54) is 13.8 Å². The van der Waals surface area contributed by atoms with Gasteiger partial charge in [-0.25, -0.2) is 9.36 Å². The zero-order valence-electron chi connectivity index (χ0n) is 34.2. The highest BCUT2D eigenvalue weighted by atomic mass is 31.0. The number of aliphatic hydroxyl groups is 6. The van der Waals surface area contributed by atoms with Crippen LogP contribution in [0.15, 0.2) is 12.4 Å². The van der Waals surface area contributed by atoms with Gasteiger partial charge in [-0.15, -0.1) is 10.2 Å². The van der Waals surface area contributed by atoms with Crippen LogP contribution in [0.4, 0.5) is 0 Å². The summed E-state index contributed by atoms with van der Waals surface area (Å²) in [5, 5.41) is 82.4. The molecule has 339 valence electrons. The predicted molar refractivity (Wildman–Crippen MR) is 213 cm³/mol. The summed E-state index contributed by atoms with van der Waals surface area (Å²) in [6.45, 7) is 7.36. The van der Waals surface area contributed by atoms with Crippen molar-refractivity contribution >= 4 is 27.9 Å². The lowest BCUT2D eigenvalue weighted by atomic mass is 9.97. The largest absolute Gasteiger partial charge is 0.394 e. The summed E-state index contributed by atoms with van der Waals surface area (Å²) >= 11 is 0. The Balaban J connectivity index is 1.18. The highest BCUT2D eigenvalue weighted by Crippen LogP contribution is 2.23. The summed E-state index contributed by atoms with van der Waals surface area (Å²) in [6.07, 6.45) is -2.00. The molecule has 4 heterocycles. The number of carbonyl (C=O) groups is 2. The van der Waals surface area contributed by atoms with E-state index in [4.69, 9.17) is 28.4 Å². The Kier molecular flexibility index (Phi) is 22.1. The van der Waals surface area contributed by atoms with Gasteiger partial charge < -0.3 is 69.7 Å². The predicted octanol–water partition coefficient (Wildman–Crippen LogP) is -4.09. The van der Waals surface area contributed by atoms with Gasteiger partial charge in [0.05, 0.1) is 77.3 Å². The molecule has 0 saturated carbocycles. The van der Waals surface area contributed by atoms with Crippen LogP contribution in [0.25, 0.3) is 0 Å². The maximum absolute atomic E-state index is 11.6. The number of nitrogens with one attached hydrogen (secondary N) is 2. The van der Waals surface area contributed by atoms with Crippen LogP contribution in [0.2, 0.25) is 6.32 Å². The Morgan fingerprint density at radius 3 is 1.62 bits per heavy atom.